The van der Waals surface area contributed by atoms with Crippen molar-refractivity contribution in [1.29, 1.82) is 0 Å². The van der Waals surface area contributed by atoms with Crippen molar-refractivity contribution in [3.8, 4) is 11.6 Å². The minimum atomic E-state index is -0.246. The third-order valence-electron chi connectivity index (χ3n) is 2.76. The Balaban J connectivity index is 2.19. The molecule has 19 heavy (non-hydrogen) atoms. The highest BCUT2D eigenvalue weighted by Crippen LogP contribution is 2.17. The van der Waals surface area contributed by atoms with Gasteiger partial charge in [0, 0.05) is 25.5 Å². The second-order valence-corrected chi connectivity index (χ2v) is 4.04. The maximum Gasteiger partial charge on any atom is 0.313 e. The van der Waals surface area contributed by atoms with Gasteiger partial charge in [-0.3, -0.25) is 4.79 Å². The van der Waals surface area contributed by atoms with Gasteiger partial charge in [0.05, 0.1) is 0 Å². The molecular weight excluding hydrogens is 244 g/mol. The van der Waals surface area contributed by atoms with Gasteiger partial charge in [0.15, 0.2) is 0 Å². The molecule has 0 bridgehead atoms. The summed E-state index contributed by atoms with van der Waals surface area (Å²) in [7, 11) is 0. The van der Waals surface area contributed by atoms with E-state index in [4.69, 9.17) is 9.84 Å². The highest BCUT2D eigenvalue weighted by atomic mass is 16.5. The standard InChI is InChI=1S/C14H16N2O3/c1-2-16-9-8-15-13(14(16)18)19-12-5-3-11(4-6-12)7-10-17/h3-6,8-9,17H,2,7,10H2,1H3. The summed E-state index contributed by atoms with van der Waals surface area (Å²) in [6, 6.07) is 7.23. The molecule has 0 aliphatic carbocycles. The quantitative estimate of drug-likeness (QED) is 0.886. The average Bonchev–Trinajstić information content (AvgIpc) is 2.43. The summed E-state index contributed by atoms with van der Waals surface area (Å²) in [4.78, 5) is 15.9. The lowest BCUT2D eigenvalue weighted by molar-refractivity contribution is 0.299. The molecule has 5 heteroatoms. The molecule has 1 N–H and O–H groups in total. The largest absolute Gasteiger partial charge is 0.435 e. The third kappa shape index (κ3) is 3.20. The SMILES string of the molecule is CCn1ccnc(Oc2ccc(CCO)cc2)c1=O. The fourth-order valence-corrected chi connectivity index (χ4v) is 1.71. The summed E-state index contributed by atoms with van der Waals surface area (Å²) >= 11 is 0. The van der Waals surface area contributed by atoms with Crippen LogP contribution in [-0.2, 0) is 13.0 Å². The van der Waals surface area contributed by atoms with E-state index in [1.54, 1.807) is 24.5 Å². The number of benzene rings is 1. The van der Waals surface area contributed by atoms with Crippen LogP contribution in [0.2, 0.25) is 0 Å². The van der Waals surface area contributed by atoms with E-state index in [1.807, 2.05) is 19.1 Å². The molecule has 0 amide bonds. The molecule has 0 atom stereocenters. The number of aromatic nitrogens is 2. The Morgan fingerprint density at radius 2 is 2.05 bits per heavy atom. The number of aryl methyl sites for hydroxylation is 1. The molecular formula is C14H16N2O3. The third-order valence-corrected chi connectivity index (χ3v) is 2.76. The maximum absolute atomic E-state index is 11.9. The maximum atomic E-state index is 11.9. The molecule has 0 saturated heterocycles. The molecule has 0 unspecified atom stereocenters. The lowest BCUT2D eigenvalue weighted by Gasteiger charge is -2.07. The van der Waals surface area contributed by atoms with Gasteiger partial charge in [0.25, 0.3) is 5.88 Å². The Labute approximate surface area is 111 Å². The van der Waals surface area contributed by atoms with Gasteiger partial charge in [-0.2, -0.15) is 0 Å². The van der Waals surface area contributed by atoms with Gasteiger partial charge in [-0.1, -0.05) is 12.1 Å². The van der Waals surface area contributed by atoms with Crippen LogP contribution in [-0.4, -0.2) is 21.3 Å². The van der Waals surface area contributed by atoms with Crippen LogP contribution in [0.3, 0.4) is 0 Å². The highest BCUT2D eigenvalue weighted by molar-refractivity contribution is 5.30. The van der Waals surface area contributed by atoms with Crippen molar-refractivity contribution in [2.24, 2.45) is 0 Å². The number of hydrogen-bond donors (Lipinski definition) is 1. The normalized spacial score (nSPS) is 10.4. The monoisotopic (exact) mass is 260 g/mol. The van der Waals surface area contributed by atoms with E-state index in [2.05, 4.69) is 4.98 Å². The van der Waals surface area contributed by atoms with Crippen LogP contribution in [0.5, 0.6) is 11.6 Å². The zero-order valence-electron chi connectivity index (χ0n) is 10.7. The first-order valence-electron chi connectivity index (χ1n) is 6.17. The lowest BCUT2D eigenvalue weighted by Crippen LogP contribution is -2.20. The van der Waals surface area contributed by atoms with Crippen LogP contribution in [0.4, 0.5) is 0 Å². The topological polar surface area (TPSA) is 64.3 Å². The van der Waals surface area contributed by atoms with Crippen LogP contribution in [0, 0.1) is 0 Å². The van der Waals surface area contributed by atoms with E-state index in [0.29, 0.717) is 18.7 Å². The molecule has 1 heterocycles. The number of nitrogens with zero attached hydrogens (tertiary/aromatic N) is 2. The van der Waals surface area contributed by atoms with E-state index < -0.39 is 0 Å². The fraction of sp³-hybridized carbons (Fsp3) is 0.286. The van der Waals surface area contributed by atoms with Crippen LogP contribution < -0.4 is 10.3 Å². The molecule has 1 aromatic carbocycles. The Bertz CT molecular complexity index is 590. The van der Waals surface area contributed by atoms with Crippen molar-refractivity contribution in [1.82, 2.24) is 9.55 Å². The zero-order valence-corrected chi connectivity index (χ0v) is 10.7. The van der Waals surface area contributed by atoms with Crippen molar-refractivity contribution >= 4 is 0 Å². The molecule has 0 fully saturated rings. The van der Waals surface area contributed by atoms with Crippen molar-refractivity contribution < 1.29 is 9.84 Å². The molecule has 2 rings (SSSR count). The molecule has 100 valence electrons. The number of aliphatic hydroxyl groups is 1. The van der Waals surface area contributed by atoms with Gasteiger partial charge in [-0.25, -0.2) is 4.98 Å². The van der Waals surface area contributed by atoms with E-state index in [9.17, 15) is 4.79 Å². The van der Waals surface area contributed by atoms with Crippen LogP contribution in [0.25, 0.3) is 0 Å². The second-order valence-electron chi connectivity index (χ2n) is 4.04. The molecule has 1 aromatic heterocycles. The number of hydrogen-bond acceptors (Lipinski definition) is 4. The molecule has 0 aliphatic heterocycles. The number of rotatable bonds is 5. The van der Waals surface area contributed by atoms with Gasteiger partial charge in [-0.05, 0) is 31.0 Å². The highest BCUT2D eigenvalue weighted by Gasteiger charge is 2.06. The van der Waals surface area contributed by atoms with Crippen molar-refractivity contribution in [2.75, 3.05) is 6.61 Å². The van der Waals surface area contributed by atoms with Gasteiger partial charge < -0.3 is 14.4 Å². The van der Waals surface area contributed by atoms with Crippen LogP contribution in [0.15, 0.2) is 41.5 Å². The zero-order chi connectivity index (χ0) is 13.7. The molecule has 0 saturated carbocycles. The Morgan fingerprint density at radius 1 is 1.32 bits per heavy atom. The minimum absolute atomic E-state index is 0.0688. The summed E-state index contributed by atoms with van der Waals surface area (Å²) in [5.41, 5.74) is 0.770. The predicted molar refractivity (Wildman–Crippen MR) is 71.5 cm³/mol. The summed E-state index contributed by atoms with van der Waals surface area (Å²) in [5.74, 6) is 0.624. The first kappa shape index (κ1) is 13.3. The number of aliphatic hydroxyl groups excluding tert-OH is 1. The van der Waals surface area contributed by atoms with E-state index in [-0.39, 0.29) is 18.0 Å². The van der Waals surface area contributed by atoms with Crippen LogP contribution in [0.1, 0.15) is 12.5 Å². The van der Waals surface area contributed by atoms with Crippen molar-refractivity contribution in [3.63, 3.8) is 0 Å². The van der Waals surface area contributed by atoms with E-state index in [1.165, 1.54) is 4.57 Å². The predicted octanol–water partition coefficient (Wildman–Crippen LogP) is 1.59. The summed E-state index contributed by atoms with van der Waals surface area (Å²) in [6.07, 6.45) is 3.77. The first-order chi connectivity index (χ1) is 9.24. The Hall–Kier alpha value is -2.14. The second kappa shape index (κ2) is 6.15. The van der Waals surface area contributed by atoms with Gasteiger partial charge in [0.1, 0.15) is 5.75 Å². The summed E-state index contributed by atoms with van der Waals surface area (Å²) < 4.78 is 7.01. The van der Waals surface area contributed by atoms with Gasteiger partial charge >= 0.3 is 5.56 Å². The van der Waals surface area contributed by atoms with Crippen molar-refractivity contribution in [2.45, 2.75) is 19.9 Å². The summed E-state index contributed by atoms with van der Waals surface area (Å²) in [5, 5.41) is 8.83. The van der Waals surface area contributed by atoms with Gasteiger partial charge in [0.2, 0.25) is 0 Å². The molecule has 2 aromatic rings. The Morgan fingerprint density at radius 3 is 2.68 bits per heavy atom. The van der Waals surface area contributed by atoms with Crippen molar-refractivity contribution in [3.05, 3.63) is 52.6 Å². The van der Waals surface area contributed by atoms with Gasteiger partial charge in [-0.15, -0.1) is 0 Å². The first-order valence-corrected chi connectivity index (χ1v) is 6.17. The molecule has 0 aliphatic rings. The van der Waals surface area contributed by atoms with E-state index >= 15 is 0 Å². The smallest absolute Gasteiger partial charge is 0.313 e. The Kier molecular flexibility index (Phi) is 4.30. The summed E-state index contributed by atoms with van der Waals surface area (Å²) in [6.45, 7) is 2.57. The molecule has 0 radical (unpaired) electrons. The van der Waals surface area contributed by atoms with E-state index in [0.717, 1.165) is 5.56 Å². The average molecular weight is 260 g/mol. The molecule has 5 nitrogen and oxygen atoms in total. The number of ether oxygens (including phenoxy) is 1. The van der Waals surface area contributed by atoms with Crippen LogP contribution >= 0.6 is 0 Å². The fourth-order valence-electron chi connectivity index (χ4n) is 1.71. The molecule has 0 spiro atoms. The lowest BCUT2D eigenvalue weighted by atomic mass is 10.1. The minimum Gasteiger partial charge on any atom is -0.435 e.